The lowest BCUT2D eigenvalue weighted by Crippen LogP contribution is -2.33. The third kappa shape index (κ3) is 8.78. The van der Waals surface area contributed by atoms with Gasteiger partial charge in [0.25, 0.3) is 11.7 Å². The van der Waals surface area contributed by atoms with Crippen molar-refractivity contribution in [3.8, 4) is 0 Å². The number of nitrogens with one attached hydrogen (secondary N) is 1. The summed E-state index contributed by atoms with van der Waals surface area (Å²) in [6.45, 7) is 5.82. The first-order valence-electron chi connectivity index (χ1n) is 12.1. The second-order valence-electron chi connectivity index (χ2n) is 8.86. The summed E-state index contributed by atoms with van der Waals surface area (Å²) in [5, 5.41) is 21.8. The fourth-order valence-electron chi connectivity index (χ4n) is 4.14. The van der Waals surface area contributed by atoms with Crippen LogP contribution >= 0.6 is 0 Å². The smallest absolute Gasteiger partial charge is 0.336 e. The monoisotopic (exact) mass is 539 g/mol. The van der Waals surface area contributed by atoms with E-state index >= 15 is 0 Å². The number of carboxylic acids is 1. The molecule has 1 unspecified atom stereocenters. The van der Waals surface area contributed by atoms with Crippen molar-refractivity contribution >= 4 is 23.6 Å². The van der Waals surface area contributed by atoms with Gasteiger partial charge >= 0.3 is 11.9 Å². The van der Waals surface area contributed by atoms with Gasteiger partial charge in [0.15, 0.2) is 0 Å². The highest BCUT2D eigenvalue weighted by molar-refractivity contribution is 5.99. The molecule has 0 radical (unpaired) electrons. The molecule has 0 amide bonds. The summed E-state index contributed by atoms with van der Waals surface area (Å²) < 4.78 is 10.6. The fourth-order valence-corrected chi connectivity index (χ4v) is 4.14. The van der Waals surface area contributed by atoms with Gasteiger partial charge in [0.1, 0.15) is 6.61 Å². The molecule has 208 valence electrons. The molecule has 0 saturated carbocycles. The van der Waals surface area contributed by atoms with Gasteiger partial charge in [0.2, 0.25) is 0 Å². The molecular weight excluding hydrogens is 506 g/mol. The molecule has 1 atom stereocenters. The largest absolute Gasteiger partial charge is 0.481 e. The van der Waals surface area contributed by atoms with Crippen molar-refractivity contribution in [2.75, 3.05) is 27.3 Å². The molecule has 1 heterocycles. The molecule has 0 fully saturated rings. The maximum atomic E-state index is 13.3. The Balaban J connectivity index is 0.00000124. The lowest BCUT2D eigenvalue weighted by atomic mass is 9.80. The van der Waals surface area contributed by atoms with Crippen LogP contribution in [-0.4, -0.2) is 60.1 Å². The highest BCUT2D eigenvalue weighted by Gasteiger charge is 2.38. The number of ether oxygens (including phenoxy) is 2. The highest BCUT2D eigenvalue weighted by atomic mass is 16.6. The molecule has 1 aliphatic rings. The van der Waals surface area contributed by atoms with E-state index in [9.17, 15) is 19.7 Å². The Morgan fingerprint density at radius 2 is 1.62 bits per heavy atom. The summed E-state index contributed by atoms with van der Waals surface area (Å²) in [7, 11) is 3.18. The van der Waals surface area contributed by atoms with Crippen LogP contribution in [0.4, 0.5) is 5.69 Å². The van der Waals surface area contributed by atoms with E-state index in [0.29, 0.717) is 30.0 Å². The molecule has 1 aliphatic heterocycles. The second-order valence-corrected chi connectivity index (χ2v) is 8.86. The SMILES string of the molecule is CC(=O)O.COC(=O)C1=C(C)NC(C)=C(C(=O)OCCN(C)Cc2ccccc2)C1c1cccc([N+](=O)[O-])c1. The summed E-state index contributed by atoms with van der Waals surface area (Å²) in [5.74, 6) is -2.95. The maximum Gasteiger partial charge on any atom is 0.336 e. The zero-order valence-corrected chi connectivity index (χ0v) is 22.6. The van der Waals surface area contributed by atoms with Crippen molar-refractivity contribution < 1.29 is 33.9 Å². The van der Waals surface area contributed by atoms with Gasteiger partial charge in [-0.25, -0.2) is 9.59 Å². The number of nitro groups is 1. The average molecular weight is 540 g/mol. The lowest BCUT2D eigenvalue weighted by molar-refractivity contribution is -0.384. The van der Waals surface area contributed by atoms with Gasteiger partial charge < -0.3 is 19.9 Å². The van der Waals surface area contributed by atoms with E-state index in [1.807, 2.05) is 42.3 Å². The number of rotatable bonds is 9. The molecule has 2 aromatic carbocycles. The number of carboxylic acid groups (broad SMARTS) is 1. The van der Waals surface area contributed by atoms with Crippen molar-refractivity contribution in [2.45, 2.75) is 33.2 Å². The van der Waals surface area contributed by atoms with E-state index in [4.69, 9.17) is 19.4 Å². The van der Waals surface area contributed by atoms with Crippen LogP contribution in [0.2, 0.25) is 0 Å². The van der Waals surface area contributed by atoms with Crippen LogP contribution in [-0.2, 0) is 30.4 Å². The van der Waals surface area contributed by atoms with Gasteiger partial charge in [0.05, 0.1) is 29.1 Å². The van der Waals surface area contributed by atoms with Gasteiger partial charge in [-0.3, -0.25) is 19.8 Å². The van der Waals surface area contributed by atoms with Crippen LogP contribution in [0.15, 0.2) is 77.1 Å². The number of nitrogens with zero attached hydrogens (tertiary/aromatic N) is 2. The molecule has 0 bridgehead atoms. The zero-order chi connectivity index (χ0) is 29.1. The number of likely N-dealkylation sites (N-methyl/N-ethyl adjacent to an activating group) is 1. The van der Waals surface area contributed by atoms with Gasteiger partial charge in [0, 0.05) is 43.5 Å². The molecule has 0 spiro atoms. The van der Waals surface area contributed by atoms with Crippen molar-refractivity contribution in [2.24, 2.45) is 0 Å². The van der Waals surface area contributed by atoms with Crippen molar-refractivity contribution in [1.82, 2.24) is 10.2 Å². The molecule has 3 rings (SSSR count). The Labute approximate surface area is 226 Å². The Morgan fingerprint density at radius 3 is 2.18 bits per heavy atom. The van der Waals surface area contributed by atoms with E-state index in [0.717, 1.165) is 12.5 Å². The molecule has 2 aromatic rings. The number of aliphatic carboxylic acids is 1. The first-order chi connectivity index (χ1) is 18.5. The minimum absolute atomic E-state index is 0.136. The van der Waals surface area contributed by atoms with Gasteiger partial charge in [-0.1, -0.05) is 42.5 Å². The number of carbonyl (C=O) groups is 3. The number of methoxy groups -OCH3 is 1. The third-order valence-corrected chi connectivity index (χ3v) is 5.80. The lowest BCUT2D eigenvalue weighted by Gasteiger charge is -2.30. The summed E-state index contributed by atoms with van der Waals surface area (Å²) in [6.07, 6.45) is 0. The molecule has 11 heteroatoms. The van der Waals surface area contributed by atoms with E-state index in [-0.39, 0.29) is 23.4 Å². The minimum Gasteiger partial charge on any atom is -0.481 e. The molecule has 0 saturated heterocycles. The Bertz CT molecular complexity index is 1270. The van der Waals surface area contributed by atoms with Crippen molar-refractivity contribution in [3.63, 3.8) is 0 Å². The summed E-state index contributed by atoms with van der Waals surface area (Å²) in [6, 6.07) is 15.8. The number of carbonyl (C=O) groups excluding carboxylic acids is 2. The van der Waals surface area contributed by atoms with E-state index in [1.165, 1.54) is 25.3 Å². The highest BCUT2D eigenvalue weighted by Crippen LogP contribution is 2.40. The van der Waals surface area contributed by atoms with E-state index in [2.05, 4.69) is 5.32 Å². The Kier molecular flexibility index (Phi) is 11.4. The molecule has 0 aliphatic carbocycles. The molecule has 2 N–H and O–H groups in total. The standard InChI is InChI=1S/C26H29N3O6.C2H4O2/c1-17-22(25(30)34-4)24(20-11-8-12-21(15-20)29(32)33)23(18(2)27-17)26(31)35-14-13-28(3)16-19-9-6-5-7-10-19;1-2(3)4/h5-12,15,24,27H,13-14,16H2,1-4H3;1H3,(H,3,4). The number of nitro benzene ring substituents is 1. The van der Waals surface area contributed by atoms with Gasteiger partial charge in [-0.15, -0.1) is 0 Å². The van der Waals surface area contributed by atoms with Crippen LogP contribution < -0.4 is 5.32 Å². The van der Waals surface area contributed by atoms with Crippen LogP contribution in [0.5, 0.6) is 0 Å². The van der Waals surface area contributed by atoms with Crippen LogP contribution in [0, 0.1) is 10.1 Å². The first kappa shape index (κ1) is 30.7. The topological polar surface area (TPSA) is 148 Å². The molecule has 39 heavy (non-hydrogen) atoms. The predicted molar refractivity (Wildman–Crippen MR) is 143 cm³/mol. The molecular formula is C28H33N3O8. The summed E-state index contributed by atoms with van der Waals surface area (Å²) >= 11 is 0. The maximum absolute atomic E-state index is 13.3. The van der Waals surface area contributed by atoms with Crippen molar-refractivity contribution in [3.05, 3.63) is 98.4 Å². The van der Waals surface area contributed by atoms with Crippen molar-refractivity contribution in [1.29, 1.82) is 0 Å². The second kappa shape index (κ2) is 14.4. The number of allylic oxidation sites excluding steroid dienone is 2. The zero-order valence-electron chi connectivity index (χ0n) is 22.6. The number of benzene rings is 2. The van der Waals surface area contributed by atoms with E-state index < -0.39 is 28.7 Å². The average Bonchev–Trinajstić information content (AvgIpc) is 2.88. The molecule has 0 aromatic heterocycles. The number of non-ortho nitro benzene ring substituents is 1. The number of hydrogen-bond acceptors (Lipinski definition) is 9. The number of dihydropyridines is 1. The summed E-state index contributed by atoms with van der Waals surface area (Å²) in [4.78, 5) is 47.8. The number of esters is 2. The normalized spacial score (nSPS) is 14.7. The summed E-state index contributed by atoms with van der Waals surface area (Å²) in [5.41, 5.74) is 2.85. The van der Waals surface area contributed by atoms with Crippen LogP contribution in [0.1, 0.15) is 37.8 Å². The van der Waals surface area contributed by atoms with Crippen LogP contribution in [0.3, 0.4) is 0 Å². The van der Waals surface area contributed by atoms with Gasteiger partial charge in [-0.05, 0) is 32.0 Å². The Morgan fingerprint density at radius 1 is 1.03 bits per heavy atom. The predicted octanol–water partition coefficient (Wildman–Crippen LogP) is 3.77. The quantitative estimate of drug-likeness (QED) is 0.274. The third-order valence-electron chi connectivity index (χ3n) is 5.80. The van der Waals surface area contributed by atoms with Gasteiger partial charge in [-0.2, -0.15) is 0 Å². The number of hydrogen-bond donors (Lipinski definition) is 2. The minimum atomic E-state index is -0.877. The molecule has 11 nitrogen and oxygen atoms in total. The Hall–Kier alpha value is -4.51. The van der Waals surface area contributed by atoms with E-state index in [1.54, 1.807) is 19.9 Å². The first-order valence-corrected chi connectivity index (χ1v) is 12.1. The van der Waals surface area contributed by atoms with Crippen LogP contribution in [0.25, 0.3) is 0 Å². The fraction of sp³-hybridized carbons (Fsp3) is 0.321.